The van der Waals surface area contributed by atoms with Crippen LogP contribution >= 0.6 is 22.9 Å². The van der Waals surface area contributed by atoms with Gasteiger partial charge in [-0.1, -0.05) is 11.6 Å². The number of aryl methyl sites for hydroxylation is 1. The number of rotatable bonds is 5. The van der Waals surface area contributed by atoms with Crippen molar-refractivity contribution in [1.29, 1.82) is 0 Å². The standard InChI is InChI=1S/C25H24ClN3O3S/c1-13-6-16(26)8-19(23(13)32-24-14-7-15(24)11-27-10-14)18-4-5-28-20-9-17(33-25(18)20)12-29-21(30)2-3-22(29)31/h4-6,8-9,14-15,24,27H,2-3,7,10-12H2,1H3/t14-,15+,24?. The number of aromatic nitrogens is 1. The van der Waals surface area contributed by atoms with Gasteiger partial charge in [0.2, 0.25) is 11.8 Å². The number of thiophene rings is 1. The van der Waals surface area contributed by atoms with E-state index in [1.807, 2.05) is 31.2 Å². The van der Waals surface area contributed by atoms with Crippen LogP contribution in [-0.2, 0) is 16.1 Å². The van der Waals surface area contributed by atoms with Crippen LogP contribution in [0, 0.1) is 18.8 Å². The van der Waals surface area contributed by atoms with Gasteiger partial charge in [0.05, 0.1) is 16.8 Å². The quantitative estimate of drug-likeness (QED) is 0.541. The van der Waals surface area contributed by atoms with Gasteiger partial charge >= 0.3 is 0 Å². The zero-order valence-corrected chi connectivity index (χ0v) is 19.8. The number of hydrogen-bond acceptors (Lipinski definition) is 6. The summed E-state index contributed by atoms with van der Waals surface area (Å²) in [6.45, 7) is 4.35. The molecule has 3 aliphatic rings. The summed E-state index contributed by atoms with van der Waals surface area (Å²) in [5.41, 5.74) is 3.84. The van der Waals surface area contributed by atoms with E-state index in [4.69, 9.17) is 16.3 Å². The number of amides is 2. The minimum atomic E-state index is -0.104. The molecule has 0 spiro atoms. The van der Waals surface area contributed by atoms with Gasteiger partial charge in [0.1, 0.15) is 11.9 Å². The van der Waals surface area contributed by atoms with Gasteiger partial charge in [0.15, 0.2) is 0 Å². The van der Waals surface area contributed by atoms with E-state index in [9.17, 15) is 9.59 Å². The third-order valence-corrected chi connectivity index (χ3v) is 8.42. The Bertz CT molecular complexity index is 1260. The zero-order valence-electron chi connectivity index (χ0n) is 18.3. The summed E-state index contributed by atoms with van der Waals surface area (Å²) in [7, 11) is 0. The van der Waals surface area contributed by atoms with Crippen LogP contribution < -0.4 is 10.1 Å². The highest BCUT2D eigenvalue weighted by atomic mass is 35.5. The number of carbonyl (C=O) groups excluding carboxylic acids is 2. The highest BCUT2D eigenvalue weighted by molar-refractivity contribution is 7.19. The van der Waals surface area contributed by atoms with Crippen molar-refractivity contribution in [2.75, 3.05) is 13.1 Å². The number of imide groups is 1. The summed E-state index contributed by atoms with van der Waals surface area (Å²) in [5, 5.41) is 4.14. The predicted octanol–water partition coefficient (Wildman–Crippen LogP) is 4.56. The van der Waals surface area contributed by atoms with E-state index in [0.717, 1.165) is 50.6 Å². The first kappa shape index (κ1) is 21.1. The Morgan fingerprint density at radius 3 is 2.64 bits per heavy atom. The van der Waals surface area contributed by atoms with Gasteiger partial charge in [-0.15, -0.1) is 11.3 Å². The maximum absolute atomic E-state index is 12.1. The molecule has 4 heterocycles. The summed E-state index contributed by atoms with van der Waals surface area (Å²) in [5.74, 6) is 1.77. The van der Waals surface area contributed by atoms with Crippen molar-refractivity contribution in [2.24, 2.45) is 11.8 Å². The van der Waals surface area contributed by atoms with E-state index in [-0.39, 0.29) is 17.9 Å². The maximum atomic E-state index is 12.1. The molecular weight excluding hydrogens is 458 g/mol. The first-order valence-corrected chi connectivity index (χ1v) is 12.6. The minimum Gasteiger partial charge on any atom is -0.489 e. The second-order valence-corrected chi connectivity index (χ2v) is 10.8. The molecule has 2 saturated heterocycles. The van der Waals surface area contributed by atoms with Gasteiger partial charge in [-0.25, -0.2) is 0 Å². The van der Waals surface area contributed by atoms with Gasteiger partial charge in [0.25, 0.3) is 0 Å². The van der Waals surface area contributed by atoms with E-state index in [1.165, 1.54) is 11.3 Å². The van der Waals surface area contributed by atoms with Crippen LogP contribution in [0.4, 0.5) is 0 Å². The zero-order chi connectivity index (χ0) is 22.7. The number of nitrogens with zero attached hydrogens (tertiary/aromatic N) is 2. The number of nitrogens with one attached hydrogen (secondary N) is 1. The van der Waals surface area contributed by atoms with Gasteiger partial charge in [0, 0.05) is 65.0 Å². The molecule has 3 atom stereocenters. The first-order chi connectivity index (χ1) is 16.0. The second-order valence-electron chi connectivity index (χ2n) is 9.26. The predicted molar refractivity (Wildman–Crippen MR) is 128 cm³/mol. The third kappa shape index (κ3) is 3.63. The van der Waals surface area contributed by atoms with Crippen LogP contribution in [0.5, 0.6) is 5.75 Å². The van der Waals surface area contributed by atoms with Gasteiger partial charge in [-0.05, 0) is 43.2 Å². The third-order valence-electron chi connectivity index (χ3n) is 7.06. The summed E-state index contributed by atoms with van der Waals surface area (Å²) in [6, 6.07) is 7.90. The molecule has 1 saturated carbocycles. The summed E-state index contributed by atoms with van der Waals surface area (Å²) in [6.07, 6.45) is 3.85. The van der Waals surface area contributed by atoms with Crippen molar-refractivity contribution in [3.8, 4) is 16.9 Å². The number of benzene rings is 1. The summed E-state index contributed by atoms with van der Waals surface area (Å²) < 4.78 is 7.68. The molecule has 1 unspecified atom stereocenters. The number of halogens is 1. The van der Waals surface area contributed by atoms with Gasteiger partial charge < -0.3 is 10.1 Å². The average molecular weight is 482 g/mol. The highest BCUT2D eigenvalue weighted by Crippen LogP contribution is 2.45. The molecule has 8 heteroatoms. The molecule has 1 N–H and O–H groups in total. The second kappa shape index (κ2) is 8.08. The molecule has 170 valence electrons. The Hall–Kier alpha value is -2.48. The molecule has 6 rings (SSSR count). The molecule has 1 aliphatic carbocycles. The smallest absolute Gasteiger partial charge is 0.230 e. The number of piperidine rings is 2. The van der Waals surface area contributed by atoms with Crippen molar-refractivity contribution in [3.63, 3.8) is 0 Å². The van der Waals surface area contributed by atoms with E-state index >= 15 is 0 Å². The van der Waals surface area contributed by atoms with Crippen LogP contribution in [0.2, 0.25) is 5.02 Å². The van der Waals surface area contributed by atoms with Gasteiger partial charge in [-0.2, -0.15) is 0 Å². The van der Waals surface area contributed by atoms with Crippen molar-refractivity contribution >= 4 is 45.0 Å². The van der Waals surface area contributed by atoms with Crippen molar-refractivity contribution in [3.05, 3.63) is 45.9 Å². The van der Waals surface area contributed by atoms with Gasteiger partial charge in [-0.3, -0.25) is 19.5 Å². The lowest BCUT2D eigenvalue weighted by Gasteiger charge is -2.49. The lowest BCUT2D eigenvalue weighted by atomic mass is 9.69. The molecule has 2 aliphatic heterocycles. The van der Waals surface area contributed by atoms with Crippen LogP contribution in [-0.4, -0.2) is 40.9 Å². The fraction of sp³-hybridized carbons (Fsp3) is 0.400. The molecule has 6 nitrogen and oxygen atoms in total. The monoisotopic (exact) mass is 481 g/mol. The Morgan fingerprint density at radius 2 is 1.91 bits per heavy atom. The molecule has 3 fully saturated rings. The number of likely N-dealkylation sites (tertiary alicyclic amines) is 1. The number of pyridine rings is 1. The molecule has 2 aromatic heterocycles. The normalized spacial score (nSPS) is 24.4. The van der Waals surface area contributed by atoms with Crippen molar-refractivity contribution in [1.82, 2.24) is 15.2 Å². The van der Waals surface area contributed by atoms with Crippen LogP contribution in [0.25, 0.3) is 21.3 Å². The lowest BCUT2D eigenvalue weighted by molar-refractivity contribution is -0.138. The fourth-order valence-electron chi connectivity index (χ4n) is 5.35. The Labute approximate surface area is 200 Å². The highest BCUT2D eigenvalue weighted by Gasteiger charge is 2.46. The summed E-state index contributed by atoms with van der Waals surface area (Å²) in [4.78, 5) is 31.0. The Balaban J connectivity index is 1.39. The van der Waals surface area contributed by atoms with Crippen molar-refractivity contribution in [2.45, 2.75) is 38.8 Å². The number of carbonyl (C=O) groups is 2. The fourth-order valence-corrected chi connectivity index (χ4v) is 6.75. The topological polar surface area (TPSA) is 71.5 Å². The molecule has 1 aromatic carbocycles. The van der Waals surface area contributed by atoms with Crippen LogP contribution in [0.1, 0.15) is 29.7 Å². The SMILES string of the molecule is Cc1cc(Cl)cc(-c2ccnc3cc(CN4C(=O)CCC4=O)sc23)c1OC1[C@@H]2CNC[C@H]1C2. The maximum Gasteiger partial charge on any atom is 0.230 e. The molecule has 0 radical (unpaired) electrons. The number of fused-ring (bicyclic) bond motifs is 3. The minimum absolute atomic E-state index is 0.104. The van der Waals surface area contributed by atoms with E-state index in [0.29, 0.717) is 36.2 Å². The number of hydrogen-bond donors (Lipinski definition) is 1. The number of ether oxygens (including phenoxy) is 1. The molecule has 3 aromatic rings. The largest absolute Gasteiger partial charge is 0.489 e. The van der Waals surface area contributed by atoms with Crippen molar-refractivity contribution < 1.29 is 14.3 Å². The Kier molecular flexibility index (Phi) is 5.16. The first-order valence-electron chi connectivity index (χ1n) is 11.4. The van der Waals surface area contributed by atoms with Crippen LogP contribution in [0.15, 0.2) is 30.5 Å². The van der Waals surface area contributed by atoms with E-state index in [2.05, 4.69) is 10.3 Å². The molecule has 2 bridgehead atoms. The average Bonchev–Trinajstić information content (AvgIpc) is 3.36. The van der Waals surface area contributed by atoms with E-state index < -0.39 is 0 Å². The Morgan fingerprint density at radius 1 is 1.15 bits per heavy atom. The van der Waals surface area contributed by atoms with Crippen LogP contribution in [0.3, 0.4) is 0 Å². The molecule has 2 amide bonds. The summed E-state index contributed by atoms with van der Waals surface area (Å²) >= 11 is 8.06. The molecular formula is C25H24ClN3O3S. The molecule has 33 heavy (non-hydrogen) atoms. The van der Waals surface area contributed by atoms with E-state index in [1.54, 1.807) is 17.5 Å². The lowest BCUT2D eigenvalue weighted by Crippen LogP contribution is -2.59.